The summed E-state index contributed by atoms with van der Waals surface area (Å²) in [7, 11) is 0. The van der Waals surface area contributed by atoms with Crippen LogP contribution in [-0.2, 0) is 0 Å². The van der Waals surface area contributed by atoms with E-state index in [1.165, 1.54) is 32.4 Å². The molecular formula is C12H20N4S. The highest BCUT2D eigenvalue weighted by molar-refractivity contribution is 7.09. The van der Waals surface area contributed by atoms with Crippen LogP contribution >= 0.6 is 11.5 Å². The molecule has 0 bridgehead atoms. The summed E-state index contributed by atoms with van der Waals surface area (Å²) >= 11 is 1.56. The normalized spacial score (nSPS) is 29.6. The van der Waals surface area contributed by atoms with Crippen molar-refractivity contribution >= 4 is 16.7 Å². The Morgan fingerprint density at radius 3 is 3.00 bits per heavy atom. The van der Waals surface area contributed by atoms with Crippen LogP contribution in [-0.4, -0.2) is 46.0 Å². The predicted octanol–water partition coefficient (Wildman–Crippen LogP) is 1.91. The fraction of sp³-hybridized carbons (Fsp3) is 0.833. The first-order valence-corrected chi connectivity index (χ1v) is 7.36. The second-order valence-corrected chi connectivity index (χ2v) is 5.86. The lowest BCUT2D eigenvalue weighted by Gasteiger charge is -2.43. The minimum atomic E-state index is 0.622. The molecule has 3 heterocycles. The van der Waals surface area contributed by atoms with E-state index in [0.29, 0.717) is 6.04 Å². The van der Waals surface area contributed by atoms with Crippen LogP contribution < -0.4 is 4.90 Å². The maximum atomic E-state index is 4.56. The Hall–Kier alpha value is -0.680. The second kappa shape index (κ2) is 4.53. The van der Waals surface area contributed by atoms with Crippen LogP contribution in [0.25, 0.3) is 0 Å². The van der Waals surface area contributed by atoms with E-state index in [0.717, 1.165) is 23.5 Å². The fourth-order valence-electron chi connectivity index (χ4n) is 3.07. The average Bonchev–Trinajstić information content (AvgIpc) is 2.94. The third-order valence-corrected chi connectivity index (χ3v) is 4.87. The molecule has 4 nitrogen and oxygen atoms in total. The number of aromatic nitrogens is 2. The summed E-state index contributed by atoms with van der Waals surface area (Å²) in [5.74, 6) is 0.911. The van der Waals surface area contributed by atoms with Crippen LogP contribution in [0.2, 0.25) is 0 Å². The summed E-state index contributed by atoms with van der Waals surface area (Å²) in [4.78, 5) is 9.72. The van der Waals surface area contributed by atoms with Gasteiger partial charge in [-0.05, 0) is 32.7 Å². The molecule has 0 spiro atoms. The van der Waals surface area contributed by atoms with Crippen molar-refractivity contribution in [2.24, 2.45) is 0 Å². The molecule has 17 heavy (non-hydrogen) atoms. The first-order valence-electron chi connectivity index (χ1n) is 6.59. The Morgan fingerprint density at radius 1 is 1.41 bits per heavy atom. The van der Waals surface area contributed by atoms with Gasteiger partial charge in [-0.25, -0.2) is 4.98 Å². The van der Waals surface area contributed by atoms with Gasteiger partial charge in [-0.3, -0.25) is 4.90 Å². The van der Waals surface area contributed by atoms with Gasteiger partial charge in [-0.2, -0.15) is 4.37 Å². The summed E-state index contributed by atoms with van der Waals surface area (Å²) in [6.45, 7) is 7.91. The quantitative estimate of drug-likeness (QED) is 0.805. The maximum Gasteiger partial charge on any atom is 0.205 e. The molecule has 1 aromatic heterocycles. The van der Waals surface area contributed by atoms with E-state index in [1.54, 1.807) is 11.5 Å². The molecular weight excluding hydrogens is 232 g/mol. The van der Waals surface area contributed by atoms with E-state index in [2.05, 4.69) is 26.1 Å². The van der Waals surface area contributed by atoms with Gasteiger partial charge >= 0.3 is 0 Å². The molecule has 2 atom stereocenters. The number of aryl methyl sites for hydroxylation is 1. The van der Waals surface area contributed by atoms with Crippen molar-refractivity contribution in [2.45, 2.75) is 45.2 Å². The predicted molar refractivity (Wildman–Crippen MR) is 70.7 cm³/mol. The van der Waals surface area contributed by atoms with Gasteiger partial charge in [-0.1, -0.05) is 6.92 Å². The zero-order valence-corrected chi connectivity index (χ0v) is 11.4. The van der Waals surface area contributed by atoms with Gasteiger partial charge in [-0.15, -0.1) is 0 Å². The molecule has 1 aromatic rings. The van der Waals surface area contributed by atoms with Crippen molar-refractivity contribution in [1.29, 1.82) is 0 Å². The van der Waals surface area contributed by atoms with Gasteiger partial charge in [0.05, 0.1) is 0 Å². The van der Waals surface area contributed by atoms with Crippen molar-refractivity contribution in [3.63, 3.8) is 0 Å². The SMILES string of the molecule is CCC1CN2CCCC2CN1c1nc(C)ns1. The standard InChI is InChI=1S/C12H20N4S/c1-3-10-7-15-6-4-5-11(15)8-16(10)12-13-9(2)14-17-12/h10-11H,3-8H2,1-2H3. The van der Waals surface area contributed by atoms with E-state index in [9.17, 15) is 0 Å². The summed E-state index contributed by atoms with van der Waals surface area (Å²) < 4.78 is 4.32. The van der Waals surface area contributed by atoms with Gasteiger partial charge in [0.2, 0.25) is 5.13 Å². The molecule has 2 saturated heterocycles. The highest BCUT2D eigenvalue weighted by Gasteiger charge is 2.36. The smallest absolute Gasteiger partial charge is 0.205 e. The molecule has 3 rings (SSSR count). The number of rotatable bonds is 2. The molecule has 0 N–H and O–H groups in total. The van der Waals surface area contributed by atoms with Crippen molar-refractivity contribution in [2.75, 3.05) is 24.5 Å². The molecule has 94 valence electrons. The Labute approximate surface area is 107 Å². The second-order valence-electron chi connectivity index (χ2n) is 5.13. The largest absolute Gasteiger partial charge is 0.341 e. The van der Waals surface area contributed by atoms with Crippen LogP contribution in [0.5, 0.6) is 0 Å². The highest BCUT2D eigenvalue weighted by atomic mass is 32.1. The Balaban J connectivity index is 1.82. The van der Waals surface area contributed by atoms with E-state index in [1.807, 2.05) is 6.92 Å². The maximum absolute atomic E-state index is 4.56. The Bertz CT molecular complexity index is 392. The number of fused-ring (bicyclic) bond motifs is 1. The summed E-state index contributed by atoms with van der Waals surface area (Å²) in [6, 6.07) is 1.37. The monoisotopic (exact) mass is 252 g/mol. The van der Waals surface area contributed by atoms with Crippen LogP contribution in [0.1, 0.15) is 32.0 Å². The number of piperazine rings is 1. The number of anilines is 1. The third kappa shape index (κ3) is 2.06. The van der Waals surface area contributed by atoms with Crippen molar-refractivity contribution in [3.05, 3.63) is 5.82 Å². The molecule has 2 aliphatic rings. The molecule has 0 radical (unpaired) electrons. The van der Waals surface area contributed by atoms with Crippen molar-refractivity contribution < 1.29 is 0 Å². The zero-order valence-electron chi connectivity index (χ0n) is 10.6. The van der Waals surface area contributed by atoms with Crippen LogP contribution in [0, 0.1) is 6.92 Å². The topological polar surface area (TPSA) is 32.3 Å². The van der Waals surface area contributed by atoms with Gasteiger partial charge in [0.15, 0.2) is 0 Å². The van der Waals surface area contributed by atoms with Crippen LogP contribution in [0.15, 0.2) is 0 Å². The Morgan fingerprint density at radius 2 is 2.29 bits per heavy atom. The molecule has 2 aliphatic heterocycles. The lowest BCUT2D eigenvalue weighted by Crippen LogP contribution is -2.56. The van der Waals surface area contributed by atoms with E-state index in [4.69, 9.17) is 0 Å². The fourth-order valence-corrected chi connectivity index (χ4v) is 3.83. The van der Waals surface area contributed by atoms with E-state index in [-0.39, 0.29) is 0 Å². The van der Waals surface area contributed by atoms with Gasteiger partial charge < -0.3 is 4.90 Å². The van der Waals surface area contributed by atoms with Gasteiger partial charge in [0.25, 0.3) is 0 Å². The molecule has 0 saturated carbocycles. The average molecular weight is 252 g/mol. The van der Waals surface area contributed by atoms with Crippen molar-refractivity contribution in [1.82, 2.24) is 14.3 Å². The van der Waals surface area contributed by atoms with Gasteiger partial charge in [0.1, 0.15) is 5.82 Å². The minimum Gasteiger partial charge on any atom is -0.341 e. The molecule has 0 aromatic carbocycles. The lowest BCUT2D eigenvalue weighted by molar-refractivity contribution is 0.194. The summed E-state index contributed by atoms with van der Waals surface area (Å²) in [6.07, 6.45) is 3.91. The molecule has 0 amide bonds. The third-order valence-electron chi connectivity index (χ3n) is 4.03. The summed E-state index contributed by atoms with van der Waals surface area (Å²) in [5.41, 5.74) is 0. The number of hydrogen-bond donors (Lipinski definition) is 0. The highest BCUT2D eigenvalue weighted by Crippen LogP contribution is 2.30. The first kappa shape index (κ1) is 11.4. The van der Waals surface area contributed by atoms with E-state index >= 15 is 0 Å². The first-order chi connectivity index (χ1) is 8.28. The Kier molecular flexibility index (Phi) is 3.04. The van der Waals surface area contributed by atoms with Crippen molar-refractivity contribution in [3.8, 4) is 0 Å². The van der Waals surface area contributed by atoms with Crippen LogP contribution in [0.3, 0.4) is 0 Å². The zero-order chi connectivity index (χ0) is 11.8. The molecule has 2 unspecified atom stereocenters. The van der Waals surface area contributed by atoms with Crippen LogP contribution in [0.4, 0.5) is 5.13 Å². The molecule has 2 fully saturated rings. The molecule has 0 aliphatic carbocycles. The van der Waals surface area contributed by atoms with E-state index < -0.39 is 0 Å². The molecule has 5 heteroatoms. The van der Waals surface area contributed by atoms with Gasteiger partial charge in [0, 0.05) is 36.7 Å². The lowest BCUT2D eigenvalue weighted by atomic mass is 10.1. The minimum absolute atomic E-state index is 0.622. The number of nitrogens with zero attached hydrogens (tertiary/aromatic N) is 4. The number of hydrogen-bond acceptors (Lipinski definition) is 5. The summed E-state index contributed by atoms with van der Waals surface area (Å²) in [5, 5.41) is 1.13.